The summed E-state index contributed by atoms with van der Waals surface area (Å²) in [7, 11) is 0. The molecule has 0 amide bonds. The molecule has 0 spiro atoms. The molecule has 1 atom stereocenters. The maximum absolute atomic E-state index is 13.1. The lowest BCUT2D eigenvalue weighted by atomic mass is 9.81. The van der Waals surface area contributed by atoms with Gasteiger partial charge >= 0.3 is 0 Å². The Labute approximate surface area is 115 Å². The van der Waals surface area contributed by atoms with Crippen LogP contribution in [0.2, 0.25) is 0 Å². The highest BCUT2D eigenvalue weighted by Gasteiger charge is 2.37. The number of aliphatic hydroxyl groups excluding tert-OH is 1. The van der Waals surface area contributed by atoms with Gasteiger partial charge in [-0.3, -0.25) is 10.1 Å². The molecule has 1 aliphatic rings. The molecule has 1 aromatic carbocycles. The van der Waals surface area contributed by atoms with E-state index in [9.17, 15) is 24.0 Å². The first kappa shape index (κ1) is 14.8. The molecule has 0 bridgehead atoms. The Morgan fingerprint density at radius 3 is 2.55 bits per heavy atom. The summed E-state index contributed by atoms with van der Waals surface area (Å²) in [6.07, 6.45) is -0.596. The number of para-hydroxylation sites is 1. The monoisotopic (exact) mass is 285 g/mol. The predicted molar refractivity (Wildman–Crippen MR) is 69.7 cm³/mol. The van der Waals surface area contributed by atoms with Gasteiger partial charge in [-0.25, -0.2) is 8.78 Å². The van der Waals surface area contributed by atoms with Gasteiger partial charge in [-0.05, 0) is 18.8 Å². The van der Waals surface area contributed by atoms with Crippen molar-refractivity contribution in [2.75, 3.05) is 0 Å². The number of halogens is 2. The van der Waals surface area contributed by atoms with E-state index >= 15 is 0 Å². The lowest BCUT2D eigenvalue weighted by Gasteiger charge is -2.31. The normalized spacial score (nSPS) is 20.6. The Morgan fingerprint density at radius 1 is 1.35 bits per heavy atom. The largest absolute Gasteiger partial charge is 0.392 e. The molecule has 4 nitrogen and oxygen atoms in total. The number of aliphatic hydroxyl groups is 1. The van der Waals surface area contributed by atoms with Crippen LogP contribution in [0.5, 0.6) is 0 Å². The van der Waals surface area contributed by atoms with Gasteiger partial charge in [0.2, 0.25) is 5.92 Å². The van der Waals surface area contributed by atoms with Crippen LogP contribution in [-0.4, -0.2) is 22.1 Å². The molecule has 0 saturated heterocycles. The molecule has 1 unspecified atom stereocenters. The van der Waals surface area contributed by atoms with Gasteiger partial charge in [0.15, 0.2) is 0 Å². The van der Waals surface area contributed by atoms with Crippen LogP contribution in [0, 0.1) is 16.0 Å². The maximum Gasteiger partial charge on any atom is 0.272 e. The Morgan fingerprint density at radius 2 is 1.95 bits per heavy atom. The summed E-state index contributed by atoms with van der Waals surface area (Å²) in [6, 6.07) is 6.22. The third-order valence-electron chi connectivity index (χ3n) is 3.92. The number of nitrogens with zero attached hydrogens (tertiary/aromatic N) is 1. The van der Waals surface area contributed by atoms with Crippen molar-refractivity contribution in [3.05, 3.63) is 39.9 Å². The van der Waals surface area contributed by atoms with Gasteiger partial charge in [0.05, 0.1) is 11.0 Å². The summed E-state index contributed by atoms with van der Waals surface area (Å²) in [5.74, 6) is -2.84. The van der Waals surface area contributed by atoms with Crippen LogP contribution in [0.1, 0.15) is 31.2 Å². The van der Waals surface area contributed by atoms with Crippen molar-refractivity contribution in [2.24, 2.45) is 5.92 Å². The van der Waals surface area contributed by atoms with Crippen molar-refractivity contribution >= 4 is 5.69 Å². The lowest BCUT2D eigenvalue weighted by molar-refractivity contribution is -0.385. The molecule has 0 heterocycles. The number of nitro groups is 1. The second-order valence-corrected chi connectivity index (χ2v) is 5.35. The van der Waals surface area contributed by atoms with E-state index in [-0.39, 0.29) is 43.7 Å². The highest BCUT2D eigenvalue weighted by molar-refractivity contribution is 5.40. The Bertz CT molecular complexity index is 483. The van der Waals surface area contributed by atoms with E-state index in [0.29, 0.717) is 5.56 Å². The Balaban J connectivity index is 2.02. The fourth-order valence-electron chi connectivity index (χ4n) is 2.70. The molecule has 1 saturated carbocycles. The standard InChI is InChI=1S/C14H17F2NO3/c15-14(16)7-5-10(6-8-14)13(18)9-11-3-1-2-4-12(11)17(19)20/h1-4,10,13,18H,5-9H2. The van der Waals surface area contributed by atoms with Crippen molar-refractivity contribution in [2.45, 2.75) is 44.1 Å². The highest BCUT2D eigenvalue weighted by atomic mass is 19.3. The minimum atomic E-state index is -2.63. The summed E-state index contributed by atoms with van der Waals surface area (Å²) in [5.41, 5.74) is 0.412. The van der Waals surface area contributed by atoms with Gasteiger partial charge in [-0.15, -0.1) is 0 Å². The molecule has 1 fully saturated rings. The summed E-state index contributed by atoms with van der Waals surface area (Å²) in [4.78, 5) is 10.4. The van der Waals surface area contributed by atoms with Crippen molar-refractivity contribution in [1.82, 2.24) is 0 Å². The van der Waals surface area contributed by atoms with E-state index in [0.717, 1.165) is 0 Å². The molecule has 1 N–H and O–H groups in total. The highest BCUT2D eigenvalue weighted by Crippen LogP contribution is 2.38. The van der Waals surface area contributed by atoms with Crippen LogP contribution in [0.25, 0.3) is 0 Å². The van der Waals surface area contributed by atoms with E-state index in [4.69, 9.17) is 0 Å². The van der Waals surface area contributed by atoms with Crippen LogP contribution < -0.4 is 0 Å². The minimum absolute atomic E-state index is 0.0345. The number of rotatable bonds is 4. The summed E-state index contributed by atoms with van der Waals surface area (Å²) in [6.45, 7) is 0. The quantitative estimate of drug-likeness (QED) is 0.681. The van der Waals surface area contributed by atoms with Gasteiger partial charge < -0.3 is 5.11 Å². The molecule has 1 aromatic rings. The summed E-state index contributed by atoms with van der Waals surface area (Å²) < 4.78 is 26.1. The van der Waals surface area contributed by atoms with Gasteiger partial charge in [-0.1, -0.05) is 18.2 Å². The smallest absolute Gasteiger partial charge is 0.272 e. The molecular formula is C14H17F2NO3. The number of hydrogen-bond acceptors (Lipinski definition) is 3. The van der Waals surface area contributed by atoms with E-state index in [2.05, 4.69) is 0 Å². The fraction of sp³-hybridized carbons (Fsp3) is 0.571. The van der Waals surface area contributed by atoms with Crippen LogP contribution in [0.4, 0.5) is 14.5 Å². The third kappa shape index (κ3) is 3.50. The zero-order valence-corrected chi connectivity index (χ0v) is 11.0. The fourth-order valence-corrected chi connectivity index (χ4v) is 2.70. The molecule has 6 heteroatoms. The molecule has 0 radical (unpaired) electrons. The first-order valence-electron chi connectivity index (χ1n) is 6.67. The number of benzene rings is 1. The minimum Gasteiger partial charge on any atom is -0.392 e. The van der Waals surface area contributed by atoms with Crippen LogP contribution >= 0.6 is 0 Å². The van der Waals surface area contributed by atoms with E-state index in [1.807, 2.05) is 0 Å². The second kappa shape index (κ2) is 5.83. The first-order valence-corrected chi connectivity index (χ1v) is 6.67. The molecule has 2 rings (SSSR count). The van der Waals surface area contributed by atoms with Crippen molar-refractivity contribution < 1.29 is 18.8 Å². The zero-order valence-electron chi connectivity index (χ0n) is 11.0. The first-order chi connectivity index (χ1) is 9.39. The average Bonchev–Trinajstić information content (AvgIpc) is 2.38. The van der Waals surface area contributed by atoms with Crippen LogP contribution in [-0.2, 0) is 6.42 Å². The number of nitro benzene ring substituents is 1. The lowest BCUT2D eigenvalue weighted by Crippen LogP contribution is -2.32. The third-order valence-corrected chi connectivity index (χ3v) is 3.92. The number of alkyl halides is 2. The average molecular weight is 285 g/mol. The van der Waals surface area contributed by atoms with Crippen molar-refractivity contribution in [3.8, 4) is 0 Å². The SMILES string of the molecule is O=[N+]([O-])c1ccccc1CC(O)C1CCC(F)(F)CC1. The van der Waals surface area contributed by atoms with E-state index in [1.165, 1.54) is 6.07 Å². The predicted octanol–water partition coefficient (Wildman–Crippen LogP) is 3.32. The summed E-state index contributed by atoms with van der Waals surface area (Å²) >= 11 is 0. The van der Waals surface area contributed by atoms with E-state index < -0.39 is 16.9 Å². The van der Waals surface area contributed by atoms with Gasteiger partial charge in [0.25, 0.3) is 5.69 Å². The topological polar surface area (TPSA) is 63.4 Å². The Hall–Kier alpha value is -1.56. The summed E-state index contributed by atoms with van der Waals surface area (Å²) in [5, 5.41) is 21.0. The van der Waals surface area contributed by atoms with E-state index in [1.54, 1.807) is 18.2 Å². The molecule has 0 aliphatic heterocycles. The van der Waals surface area contributed by atoms with Gasteiger partial charge in [0.1, 0.15) is 0 Å². The van der Waals surface area contributed by atoms with Crippen molar-refractivity contribution in [3.63, 3.8) is 0 Å². The van der Waals surface area contributed by atoms with Gasteiger partial charge in [0, 0.05) is 30.9 Å². The van der Waals surface area contributed by atoms with Crippen molar-refractivity contribution in [1.29, 1.82) is 0 Å². The van der Waals surface area contributed by atoms with Crippen LogP contribution in [0.15, 0.2) is 24.3 Å². The zero-order chi connectivity index (χ0) is 14.8. The molecule has 20 heavy (non-hydrogen) atoms. The second-order valence-electron chi connectivity index (χ2n) is 5.35. The molecule has 0 aromatic heterocycles. The molecular weight excluding hydrogens is 268 g/mol. The molecule has 110 valence electrons. The van der Waals surface area contributed by atoms with Gasteiger partial charge in [-0.2, -0.15) is 0 Å². The van der Waals surface area contributed by atoms with Crippen LogP contribution in [0.3, 0.4) is 0 Å². The molecule has 1 aliphatic carbocycles. The maximum atomic E-state index is 13.1. The number of hydrogen-bond donors (Lipinski definition) is 1. The Kier molecular flexibility index (Phi) is 4.32.